The number of hydrogen-bond acceptors (Lipinski definition) is 4. The number of carbonyl (C=O) groups excluding carboxylic acids is 1. The third-order valence-electron chi connectivity index (χ3n) is 4.04. The Hall–Kier alpha value is -2.31. The number of aromatic nitrogens is 2. The van der Waals surface area contributed by atoms with Crippen LogP contribution < -0.4 is 4.90 Å². The lowest BCUT2D eigenvalue weighted by Crippen LogP contribution is -2.31. The molecule has 0 aliphatic heterocycles. The molecule has 0 N–H and O–H groups in total. The molecule has 0 fully saturated rings. The van der Waals surface area contributed by atoms with E-state index >= 15 is 0 Å². The summed E-state index contributed by atoms with van der Waals surface area (Å²) in [5.41, 5.74) is 1.18. The number of hydrogen-bond donors (Lipinski definition) is 0. The number of unbranched alkanes of at least 4 members (excludes halogenated alkanes) is 2. The molecule has 0 radical (unpaired) electrons. The Morgan fingerprint density at radius 3 is 2.63 bits per heavy atom. The average Bonchev–Trinajstić information content (AvgIpc) is 3.15. The fraction of sp³-hybridized carbons (Fsp3) is 0.250. The molecule has 3 aromatic rings. The molecule has 1 heterocycles. The molecular weight excluding hydrogens is 385 g/mol. The quantitative estimate of drug-likeness (QED) is 0.466. The van der Waals surface area contributed by atoms with E-state index in [1.54, 1.807) is 41.3 Å². The summed E-state index contributed by atoms with van der Waals surface area (Å²) in [6.07, 6.45) is 2.93. The van der Waals surface area contributed by atoms with Crippen LogP contribution in [0.3, 0.4) is 0 Å². The van der Waals surface area contributed by atoms with Gasteiger partial charge in [0.25, 0.3) is 5.91 Å². The summed E-state index contributed by atoms with van der Waals surface area (Å²) in [5, 5.41) is 10.0. The number of anilines is 1. The van der Waals surface area contributed by atoms with Gasteiger partial charge in [0.15, 0.2) is 0 Å². The van der Waals surface area contributed by atoms with E-state index in [0.717, 1.165) is 19.3 Å². The van der Waals surface area contributed by atoms with Crippen LogP contribution in [0.25, 0.3) is 10.6 Å². The van der Waals surface area contributed by atoms with Crippen LogP contribution >= 0.6 is 22.9 Å². The number of carbonyl (C=O) groups is 1. The maximum Gasteiger partial charge on any atom is 0.260 e. The molecule has 1 amide bonds. The van der Waals surface area contributed by atoms with E-state index in [1.807, 2.05) is 0 Å². The van der Waals surface area contributed by atoms with Crippen LogP contribution in [0.1, 0.15) is 36.5 Å². The largest absolute Gasteiger partial charge is 0.283 e. The lowest BCUT2D eigenvalue weighted by Gasteiger charge is -2.19. The van der Waals surface area contributed by atoms with Crippen LogP contribution in [0.15, 0.2) is 48.5 Å². The van der Waals surface area contributed by atoms with Gasteiger partial charge in [-0.05, 0) is 42.8 Å². The summed E-state index contributed by atoms with van der Waals surface area (Å²) in [7, 11) is 0. The van der Waals surface area contributed by atoms with E-state index in [2.05, 4.69) is 17.1 Å². The van der Waals surface area contributed by atoms with Gasteiger partial charge in [0, 0.05) is 22.7 Å². The van der Waals surface area contributed by atoms with Crippen LogP contribution in [0, 0.1) is 5.82 Å². The lowest BCUT2D eigenvalue weighted by atomic mass is 10.2. The van der Waals surface area contributed by atoms with E-state index in [4.69, 9.17) is 11.6 Å². The molecule has 0 aliphatic rings. The summed E-state index contributed by atoms with van der Waals surface area (Å²) in [4.78, 5) is 14.7. The summed E-state index contributed by atoms with van der Waals surface area (Å²) in [5.74, 6) is -0.481. The molecule has 7 heteroatoms. The van der Waals surface area contributed by atoms with Gasteiger partial charge in [-0.25, -0.2) is 4.39 Å². The van der Waals surface area contributed by atoms with Crippen molar-refractivity contribution >= 4 is 34.0 Å². The first-order valence-electron chi connectivity index (χ1n) is 8.75. The first kappa shape index (κ1) is 19.5. The minimum absolute atomic E-state index is 0.148. The Balaban J connectivity index is 1.88. The Bertz CT molecular complexity index is 914. The van der Waals surface area contributed by atoms with E-state index in [9.17, 15) is 9.18 Å². The summed E-state index contributed by atoms with van der Waals surface area (Å²) >= 11 is 7.20. The molecule has 0 unspecified atom stereocenters. The van der Waals surface area contributed by atoms with Gasteiger partial charge in [-0.1, -0.05) is 54.8 Å². The van der Waals surface area contributed by atoms with Crippen molar-refractivity contribution in [3.8, 4) is 10.6 Å². The van der Waals surface area contributed by atoms with Gasteiger partial charge in [0.05, 0.1) is 0 Å². The number of halogens is 2. The minimum Gasteiger partial charge on any atom is -0.283 e. The second-order valence-electron chi connectivity index (χ2n) is 6.07. The van der Waals surface area contributed by atoms with Crippen molar-refractivity contribution in [1.82, 2.24) is 10.2 Å². The molecule has 0 aliphatic carbocycles. The first-order valence-corrected chi connectivity index (χ1v) is 9.95. The fourth-order valence-electron chi connectivity index (χ4n) is 2.62. The Morgan fingerprint density at radius 2 is 1.93 bits per heavy atom. The van der Waals surface area contributed by atoms with Crippen molar-refractivity contribution in [3.63, 3.8) is 0 Å². The SMILES string of the molecule is CCCCCN(C(=O)c1ccc(Cl)cc1)c1nnc(-c2cccc(F)c2)s1. The van der Waals surface area contributed by atoms with Gasteiger partial charge in [0.1, 0.15) is 10.8 Å². The molecule has 2 aromatic carbocycles. The smallest absolute Gasteiger partial charge is 0.260 e. The minimum atomic E-state index is -0.332. The Kier molecular flexibility index (Phi) is 6.53. The molecule has 27 heavy (non-hydrogen) atoms. The molecular formula is C20H19ClFN3OS. The summed E-state index contributed by atoms with van der Waals surface area (Å²) in [6, 6.07) is 13.0. The lowest BCUT2D eigenvalue weighted by molar-refractivity contribution is 0.0986. The molecule has 0 saturated carbocycles. The van der Waals surface area contributed by atoms with Crippen LogP contribution in [0.5, 0.6) is 0 Å². The standard InChI is InChI=1S/C20H19ClFN3OS/c1-2-3-4-12-25(19(26)14-8-10-16(21)11-9-14)20-24-23-18(27-20)15-6-5-7-17(22)13-15/h5-11,13H,2-4,12H2,1H3. The highest BCUT2D eigenvalue weighted by Gasteiger charge is 2.21. The zero-order valence-electron chi connectivity index (χ0n) is 14.9. The first-order chi connectivity index (χ1) is 13.1. The third-order valence-corrected chi connectivity index (χ3v) is 5.29. The topological polar surface area (TPSA) is 46.1 Å². The van der Waals surface area contributed by atoms with Crippen molar-refractivity contribution in [2.24, 2.45) is 0 Å². The van der Waals surface area contributed by atoms with Crippen molar-refractivity contribution in [2.45, 2.75) is 26.2 Å². The van der Waals surface area contributed by atoms with E-state index in [1.165, 1.54) is 23.5 Å². The second kappa shape index (κ2) is 9.06. The van der Waals surface area contributed by atoms with Crippen molar-refractivity contribution in [2.75, 3.05) is 11.4 Å². The summed E-state index contributed by atoms with van der Waals surface area (Å²) in [6.45, 7) is 2.66. The van der Waals surface area contributed by atoms with Gasteiger partial charge in [0.2, 0.25) is 5.13 Å². The summed E-state index contributed by atoms with van der Waals surface area (Å²) < 4.78 is 13.5. The van der Waals surface area contributed by atoms with Crippen LogP contribution in [-0.4, -0.2) is 22.6 Å². The number of nitrogens with zero attached hydrogens (tertiary/aromatic N) is 3. The zero-order chi connectivity index (χ0) is 19.2. The average molecular weight is 404 g/mol. The van der Waals surface area contributed by atoms with Gasteiger partial charge in [-0.2, -0.15) is 0 Å². The van der Waals surface area contributed by atoms with Gasteiger partial charge < -0.3 is 0 Å². The predicted molar refractivity (Wildman–Crippen MR) is 108 cm³/mol. The van der Waals surface area contributed by atoms with Gasteiger partial charge in [-0.15, -0.1) is 10.2 Å². The van der Waals surface area contributed by atoms with Gasteiger partial charge in [-0.3, -0.25) is 9.69 Å². The third kappa shape index (κ3) is 4.90. The normalized spacial score (nSPS) is 10.8. The molecule has 0 bridgehead atoms. The Labute approximate surface area is 166 Å². The molecule has 4 nitrogen and oxygen atoms in total. The maximum atomic E-state index is 13.5. The van der Waals surface area contributed by atoms with Crippen molar-refractivity contribution in [1.29, 1.82) is 0 Å². The number of benzene rings is 2. The molecule has 0 saturated heterocycles. The predicted octanol–water partition coefficient (Wildman–Crippen LogP) is 5.83. The van der Waals surface area contributed by atoms with Crippen LogP contribution in [0.2, 0.25) is 5.02 Å². The number of rotatable bonds is 7. The van der Waals surface area contributed by atoms with E-state index < -0.39 is 0 Å². The monoisotopic (exact) mass is 403 g/mol. The van der Waals surface area contributed by atoms with Crippen molar-refractivity contribution in [3.05, 3.63) is 64.9 Å². The molecule has 0 spiro atoms. The van der Waals surface area contributed by atoms with Gasteiger partial charge >= 0.3 is 0 Å². The van der Waals surface area contributed by atoms with E-state index in [0.29, 0.717) is 32.8 Å². The molecule has 0 atom stereocenters. The fourth-order valence-corrected chi connectivity index (χ4v) is 3.61. The maximum absolute atomic E-state index is 13.5. The highest BCUT2D eigenvalue weighted by molar-refractivity contribution is 7.18. The van der Waals surface area contributed by atoms with Crippen molar-refractivity contribution < 1.29 is 9.18 Å². The number of amides is 1. The Morgan fingerprint density at radius 1 is 1.15 bits per heavy atom. The molecule has 140 valence electrons. The van der Waals surface area contributed by atoms with Crippen LogP contribution in [0.4, 0.5) is 9.52 Å². The highest BCUT2D eigenvalue weighted by atomic mass is 35.5. The second-order valence-corrected chi connectivity index (χ2v) is 7.46. The van der Waals surface area contributed by atoms with E-state index in [-0.39, 0.29) is 11.7 Å². The molecule has 1 aromatic heterocycles. The zero-order valence-corrected chi connectivity index (χ0v) is 16.4. The van der Waals surface area contributed by atoms with Crippen LogP contribution in [-0.2, 0) is 0 Å². The molecule has 3 rings (SSSR count). The highest BCUT2D eigenvalue weighted by Crippen LogP contribution is 2.30.